The quantitative estimate of drug-likeness (QED) is 0.0525. The molecule has 32 heteroatoms. The molecule has 0 aliphatic carbocycles. The SMILES string of the molecule is COC(OC)[Si]CN1CC(COCC(COCC2CN(C[Si]C(OC)OC)C[Si](C)(OC)O2)(COCC2CN(C[Si]C(OC)OC)C[Si](C)(OC)O2)COCC2CN(C[Si]C(OC)OC)C[Si](C)(OC)O2)O[Si](C)(OC)C1. The monoisotopic (exact) mass is 1240 g/mol. The normalized spacial score (nSPS) is 30.4. The third kappa shape index (κ3) is 24.4. The second kappa shape index (κ2) is 35.9. The van der Waals surface area contributed by atoms with Gasteiger partial charge in [0.25, 0.3) is 0 Å². The molecule has 4 rings (SSSR count). The molecule has 0 aromatic carbocycles. The molecule has 8 unspecified atom stereocenters. The van der Waals surface area contributed by atoms with Gasteiger partial charge >= 0.3 is 34.2 Å². The van der Waals surface area contributed by atoms with Gasteiger partial charge in [0.15, 0.2) is 0 Å². The lowest BCUT2D eigenvalue weighted by molar-refractivity contribution is -0.137. The minimum absolute atomic E-state index is 0.228. The van der Waals surface area contributed by atoms with Gasteiger partial charge in [0.05, 0.1) is 82.7 Å². The number of nitrogens with zero attached hydrogens (tertiary/aromatic N) is 4. The Kier molecular flexibility index (Phi) is 32.8. The van der Waals surface area contributed by atoms with E-state index in [0.29, 0.717) is 90.7 Å². The summed E-state index contributed by atoms with van der Waals surface area (Å²) in [4.78, 5) is 9.50. The van der Waals surface area contributed by atoms with Crippen molar-refractivity contribution in [1.82, 2.24) is 19.6 Å². The average molecular weight is 1240 g/mol. The topological polar surface area (TPSA) is 198 Å². The molecular formula is C45H96N4O20Si8. The molecule has 0 N–H and O–H groups in total. The molecular weight excluding hydrogens is 1140 g/mol. The van der Waals surface area contributed by atoms with E-state index in [1.807, 2.05) is 0 Å². The molecule has 4 aliphatic heterocycles. The van der Waals surface area contributed by atoms with Crippen LogP contribution in [0.15, 0.2) is 0 Å². The molecule has 4 saturated heterocycles. The van der Waals surface area contributed by atoms with Crippen LogP contribution in [0.3, 0.4) is 0 Å². The highest BCUT2D eigenvalue weighted by Gasteiger charge is 2.46. The highest BCUT2D eigenvalue weighted by molar-refractivity contribution is 6.67. The van der Waals surface area contributed by atoms with E-state index in [-0.39, 0.29) is 74.5 Å². The molecule has 448 valence electrons. The van der Waals surface area contributed by atoms with Crippen LogP contribution < -0.4 is 0 Å². The average Bonchev–Trinajstić information content (AvgIpc) is 3.41. The maximum atomic E-state index is 6.85. The van der Waals surface area contributed by atoms with Crippen LogP contribution in [0.5, 0.6) is 0 Å². The van der Waals surface area contributed by atoms with E-state index >= 15 is 0 Å². The summed E-state index contributed by atoms with van der Waals surface area (Å²) < 4.78 is 123. The zero-order valence-corrected chi connectivity index (χ0v) is 57.2. The van der Waals surface area contributed by atoms with E-state index < -0.39 is 39.7 Å². The van der Waals surface area contributed by atoms with Gasteiger partial charge in [0.1, 0.15) is 61.7 Å². The number of rotatable bonds is 40. The Bertz CT molecular complexity index is 1370. The van der Waals surface area contributed by atoms with Gasteiger partial charge in [0, 0.05) is 136 Å². The van der Waals surface area contributed by atoms with Crippen LogP contribution in [0.1, 0.15) is 0 Å². The van der Waals surface area contributed by atoms with Crippen molar-refractivity contribution >= 4 is 72.3 Å². The van der Waals surface area contributed by atoms with Crippen LogP contribution in [-0.4, -0.2) is 354 Å². The van der Waals surface area contributed by atoms with Crippen molar-refractivity contribution in [3.63, 3.8) is 0 Å². The lowest BCUT2D eigenvalue weighted by atomic mass is 9.92. The Morgan fingerprint density at radius 3 is 0.727 bits per heavy atom. The van der Waals surface area contributed by atoms with E-state index in [1.54, 1.807) is 85.3 Å². The number of hydrogen-bond acceptors (Lipinski definition) is 24. The van der Waals surface area contributed by atoms with Gasteiger partial charge in [0.2, 0.25) is 0 Å². The van der Waals surface area contributed by atoms with Gasteiger partial charge in [-0.3, -0.25) is 0 Å². The minimum Gasteiger partial charge on any atom is -0.397 e. The van der Waals surface area contributed by atoms with E-state index in [0.717, 1.165) is 49.3 Å². The summed E-state index contributed by atoms with van der Waals surface area (Å²) in [6, 6.07) is 0. The fourth-order valence-electron chi connectivity index (χ4n) is 9.77. The van der Waals surface area contributed by atoms with Crippen molar-refractivity contribution < 1.29 is 92.3 Å². The summed E-state index contributed by atoms with van der Waals surface area (Å²) in [6.07, 6.45) is 4.96. The maximum absolute atomic E-state index is 6.85. The van der Waals surface area contributed by atoms with Gasteiger partial charge in [-0.05, 0) is 50.9 Å². The summed E-state index contributed by atoms with van der Waals surface area (Å²) in [6.45, 7) is 13.2. The predicted molar refractivity (Wildman–Crippen MR) is 300 cm³/mol. The summed E-state index contributed by atoms with van der Waals surface area (Å²) in [5.74, 6) is -1.13. The molecule has 0 bridgehead atoms. The Morgan fingerprint density at radius 1 is 0.364 bits per heavy atom. The molecule has 0 aromatic rings. The molecule has 4 fully saturated rings. The molecule has 8 radical (unpaired) electrons. The molecule has 8 atom stereocenters. The zero-order valence-electron chi connectivity index (χ0n) is 49.2. The van der Waals surface area contributed by atoms with Crippen LogP contribution in [0, 0.1) is 5.41 Å². The second-order valence-electron chi connectivity index (χ2n) is 20.6. The van der Waals surface area contributed by atoms with E-state index in [4.69, 9.17) is 92.3 Å². The van der Waals surface area contributed by atoms with Crippen molar-refractivity contribution in [2.45, 2.75) is 74.3 Å². The van der Waals surface area contributed by atoms with Crippen molar-refractivity contribution in [2.75, 3.05) is 214 Å². The van der Waals surface area contributed by atoms with E-state index in [9.17, 15) is 0 Å². The van der Waals surface area contributed by atoms with Crippen molar-refractivity contribution in [2.24, 2.45) is 5.41 Å². The molecule has 0 saturated carbocycles. The molecule has 0 aromatic heterocycles. The number of ether oxygens (including phenoxy) is 12. The van der Waals surface area contributed by atoms with Gasteiger partial charge in [-0.15, -0.1) is 0 Å². The Morgan fingerprint density at radius 2 is 0.558 bits per heavy atom. The number of hydrogen-bond donors (Lipinski definition) is 0. The summed E-state index contributed by atoms with van der Waals surface area (Å²) in [5.41, 5.74) is -0.826. The third-order valence-electron chi connectivity index (χ3n) is 13.8. The van der Waals surface area contributed by atoms with Gasteiger partial charge in [-0.25, -0.2) is 0 Å². The van der Waals surface area contributed by atoms with Crippen LogP contribution >= 0.6 is 0 Å². The van der Waals surface area contributed by atoms with Gasteiger partial charge in [-0.2, -0.15) is 0 Å². The fourth-order valence-corrected chi connectivity index (χ4v) is 23.4. The van der Waals surface area contributed by atoms with Crippen LogP contribution in [0.4, 0.5) is 0 Å². The Hall–Kier alpha value is 0.775. The first-order chi connectivity index (χ1) is 36.8. The first-order valence-electron chi connectivity index (χ1n) is 26.1. The fraction of sp³-hybridized carbons (Fsp3) is 1.00. The highest BCUT2D eigenvalue weighted by atomic mass is 28.4. The smallest absolute Gasteiger partial charge is 0.349 e. The minimum atomic E-state index is -2.58. The maximum Gasteiger partial charge on any atom is 0.349 e. The van der Waals surface area contributed by atoms with Crippen LogP contribution in [-0.2, 0) is 92.3 Å². The standard InChI is InChI=1S/C45H96N4O20Si8/c1-50-41(51-2)70-29-46-17-37(66-74(13,33-46)58-9)21-62-25-45(26-63-22-38-18-47(30-71-42(52-3)53-4)34-75(14,59-10)67-38,27-64-23-39-19-48(31-72-43(54-5)55-6)35-76(15,60-11)68-39)28-65-24-40-20-49(32-73-44(56-7)57-8)36-77(16,61-12)69-40/h37-44H,17-36H2,1-16H3. The molecule has 4 aliphatic rings. The third-order valence-corrected chi connectivity index (χ3v) is 30.4. The van der Waals surface area contributed by atoms with Crippen LogP contribution in [0.25, 0.3) is 0 Å². The lowest BCUT2D eigenvalue weighted by Crippen LogP contribution is -2.61. The van der Waals surface area contributed by atoms with E-state index in [2.05, 4.69) is 45.8 Å². The Labute approximate surface area is 475 Å². The van der Waals surface area contributed by atoms with Crippen molar-refractivity contribution in [3.8, 4) is 0 Å². The largest absolute Gasteiger partial charge is 0.397 e. The van der Waals surface area contributed by atoms with Crippen molar-refractivity contribution in [3.05, 3.63) is 0 Å². The zero-order chi connectivity index (χ0) is 56.5. The second-order valence-corrected chi connectivity index (χ2v) is 38.3. The molecule has 24 nitrogen and oxygen atoms in total. The molecule has 77 heavy (non-hydrogen) atoms. The lowest BCUT2D eigenvalue weighted by Gasteiger charge is -2.43. The molecule has 0 amide bonds. The molecule has 4 heterocycles. The summed E-state index contributed by atoms with van der Waals surface area (Å²) >= 11 is 0. The predicted octanol–water partition coefficient (Wildman–Crippen LogP) is -1.17. The first kappa shape index (κ1) is 70.3. The highest BCUT2D eigenvalue weighted by Crippen LogP contribution is 2.28. The van der Waals surface area contributed by atoms with Gasteiger partial charge < -0.3 is 112 Å². The van der Waals surface area contributed by atoms with Gasteiger partial charge in [-0.1, -0.05) is 0 Å². The Balaban J connectivity index is 1.63. The van der Waals surface area contributed by atoms with Crippen molar-refractivity contribution in [1.29, 1.82) is 0 Å². The number of methoxy groups -OCH3 is 8. The first-order valence-corrected chi connectivity index (χ1v) is 41.4. The summed E-state index contributed by atoms with van der Waals surface area (Å²) in [7, 11) is 11.6. The van der Waals surface area contributed by atoms with E-state index in [1.165, 1.54) is 0 Å². The van der Waals surface area contributed by atoms with Crippen LogP contribution in [0.2, 0.25) is 26.2 Å². The molecule has 0 spiro atoms. The summed E-state index contributed by atoms with van der Waals surface area (Å²) in [5, 5.41) is 0.